The predicted octanol–water partition coefficient (Wildman–Crippen LogP) is 2.11. The summed E-state index contributed by atoms with van der Waals surface area (Å²) in [6.45, 7) is 3.46. The highest BCUT2D eigenvalue weighted by molar-refractivity contribution is 7.91. The van der Waals surface area contributed by atoms with E-state index in [1.165, 1.54) is 24.3 Å². The Hall–Kier alpha value is -1.38. The third kappa shape index (κ3) is 5.41. The molecule has 0 bridgehead atoms. The van der Waals surface area contributed by atoms with Crippen molar-refractivity contribution in [1.29, 1.82) is 5.26 Å². The fourth-order valence-electron chi connectivity index (χ4n) is 1.69. The zero-order chi connectivity index (χ0) is 14.1. The molecular weight excluding hydrogens is 260 g/mol. The van der Waals surface area contributed by atoms with Crippen molar-refractivity contribution in [2.24, 2.45) is 0 Å². The highest BCUT2D eigenvalue weighted by Crippen LogP contribution is 2.11. The number of benzene rings is 1. The van der Waals surface area contributed by atoms with Crippen molar-refractivity contribution in [1.82, 2.24) is 5.32 Å². The summed E-state index contributed by atoms with van der Waals surface area (Å²) in [6, 6.07) is 8.01. The summed E-state index contributed by atoms with van der Waals surface area (Å²) in [5.74, 6) is 0.0883. The van der Waals surface area contributed by atoms with E-state index in [1.807, 2.05) is 6.07 Å². The van der Waals surface area contributed by atoms with E-state index in [0.717, 1.165) is 25.8 Å². The molecule has 1 aromatic carbocycles. The number of nitriles is 1. The Balaban J connectivity index is 2.45. The van der Waals surface area contributed by atoms with Crippen LogP contribution in [0.3, 0.4) is 0 Å². The molecule has 1 aromatic rings. The Labute approximate surface area is 115 Å². The first-order valence-electron chi connectivity index (χ1n) is 6.54. The largest absolute Gasteiger partial charge is 0.316 e. The van der Waals surface area contributed by atoms with Crippen LogP contribution < -0.4 is 5.32 Å². The number of sulfone groups is 1. The second kappa shape index (κ2) is 7.93. The summed E-state index contributed by atoms with van der Waals surface area (Å²) < 4.78 is 24.0. The Morgan fingerprint density at radius 3 is 2.42 bits per heavy atom. The maximum atomic E-state index is 12.0. The number of hydrogen-bond donors (Lipinski definition) is 1. The van der Waals surface area contributed by atoms with Gasteiger partial charge in [-0.15, -0.1) is 0 Å². The van der Waals surface area contributed by atoms with Gasteiger partial charge in [-0.05, 0) is 37.2 Å². The van der Waals surface area contributed by atoms with Crippen LogP contribution in [0.5, 0.6) is 0 Å². The van der Waals surface area contributed by atoms with Gasteiger partial charge in [0.2, 0.25) is 0 Å². The average molecular weight is 280 g/mol. The summed E-state index contributed by atoms with van der Waals surface area (Å²) in [7, 11) is -3.25. The van der Waals surface area contributed by atoms with Crippen molar-refractivity contribution in [2.75, 3.05) is 18.8 Å². The van der Waals surface area contributed by atoms with Gasteiger partial charge in [-0.2, -0.15) is 5.26 Å². The quantitative estimate of drug-likeness (QED) is 0.740. The molecule has 0 saturated heterocycles. The average Bonchev–Trinajstić information content (AvgIpc) is 2.43. The lowest BCUT2D eigenvalue weighted by molar-refractivity contribution is 0.586. The second-order valence-corrected chi connectivity index (χ2v) is 6.52. The normalized spacial score (nSPS) is 11.2. The van der Waals surface area contributed by atoms with Crippen molar-refractivity contribution in [2.45, 2.75) is 31.1 Å². The summed E-state index contributed by atoms with van der Waals surface area (Å²) in [5, 5.41) is 11.8. The predicted molar refractivity (Wildman–Crippen MR) is 75.6 cm³/mol. The SMILES string of the molecule is CCCCCNCCS(=O)(=O)c1ccc(C#N)cc1. The van der Waals surface area contributed by atoms with Gasteiger partial charge < -0.3 is 5.32 Å². The van der Waals surface area contributed by atoms with Gasteiger partial charge in [0.15, 0.2) is 9.84 Å². The van der Waals surface area contributed by atoms with E-state index in [1.54, 1.807) is 0 Å². The summed E-state index contributed by atoms with van der Waals surface area (Å²) in [4.78, 5) is 0.279. The zero-order valence-corrected chi connectivity index (χ0v) is 12.0. The van der Waals surface area contributed by atoms with Crippen molar-refractivity contribution < 1.29 is 8.42 Å². The molecule has 0 aliphatic carbocycles. The van der Waals surface area contributed by atoms with Crippen molar-refractivity contribution in [3.8, 4) is 6.07 Å². The second-order valence-electron chi connectivity index (χ2n) is 4.41. The van der Waals surface area contributed by atoms with E-state index in [4.69, 9.17) is 5.26 Å². The van der Waals surface area contributed by atoms with Gasteiger partial charge in [0.25, 0.3) is 0 Å². The minimum atomic E-state index is -3.25. The Bertz CT molecular complexity index is 515. The smallest absolute Gasteiger partial charge is 0.179 e. The van der Waals surface area contributed by atoms with Gasteiger partial charge in [-0.25, -0.2) is 8.42 Å². The lowest BCUT2D eigenvalue weighted by Crippen LogP contribution is -2.24. The number of unbranched alkanes of at least 4 members (excludes halogenated alkanes) is 2. The van der Waals surface area contributed by atoms with E-state index in [0.29, 0.717) is 12.1 Å². The van der Waals surface area contributed by atoms with Crippen LogP contribution in [0.4, 0.5) is 0 Å². The van der Waals surface area contributed by atoms with Crippen LogP contribution in [-0.2, 0) is 9.84 Å². The third-order valence-corrected chi connectivity index (χ3v) is 4.58. The molecule has 0 amide bonds. The van der Waals surface area contributed by atoms with Gasteiger partial charge in [-0.3, -0.25) is 0 Å². The molecule has 5 heteroatoms. The molecule has 1 N–H and O–H groups in total. The minimum Gasteiger partial charge on any atom is -0.316 e. The van der Waals surface area contributed by atoms with E-state index in [-0.39, 0.29) is 10.6 Å². The molecule has 0 heterocycles. The molecule has 0 spiro atoms. The van der Waals surface area contributed by atoms with Gasteiger partial charge in [0.05, 0.1) is 22.3 Å². The van der Waals surface area contributed by atoms with Crippen LogP contribution in [0.1, 0.15) is 31.7 Å². The minimum absolute atomic E-state index is 0.0883. The summed E-state index contributed by atoms with van der Waals surface area (Å²) in [6.07, 6.45) is 3.40. The van der Waals surface area contributed by atoms with E-state index in [2.05, 4.69) is 12.2 Å². The molecule has 4 nitrogen and oxygen atoms in total. The summed E-state index contributed by atoms with van der Waals surface area (Å²) in [5.41, 5.74) is 0.469. The third-order valence-electron chi connectivity index (χ3n) is 2.85. The number of hydrogen-bond acceptors (Lipinski definition) is 4. The first-order chi connectivity index (χ1) is 9.10. The molecule has 0 aliphatic rings. The van der Waals surface area contributed by atoms with Gasteiger partial charge in [0.1, 0.15) is 0 Å². The maximum absolute atomic E-state index is 12.0. The molecule has 0 unspecified atom stereocenters. The van der Waals surface area contributed by atoms with Crippen LogP contribution in [0, 0.1) is 11.3 Å². The summed E-state index contributed by atoms with van der Waals surface area (Å²) >= 11 is 0. The fourth-order valence-corrected chi connectivity index (χ4v) is 2.89. The molecule has 1 rings (SSSR count). The number of rotatable bonds is 8. The molecule has 104 valence electrons. The van der Waals surface area contributed by atoms with Gasteiger partial charge in [0, 0.05) is 6.54 Å². The Kier molecular flexibility index (Phi) is 6.54. The van der Waals surface area contributed by atoms with Crippen molar-refractivity contribution in [3.63, 3.8) is 0 Å². The van der Waals surface area contributed by atoms with Crippen LogP contribution in [0.15, 0.2) is 29.2 Å². The standard InChI is InChI=1S/C14H20N2O2S/c1-2-3-4-9-16-10-11-19(17,18)14-7-5-13(12-15)6-8-14/h5-8,16H,2-4,9-11H2,1H3. The molecule has 0 aromatic heterocycles. The van der Waals surface area contributed by atoms with E-state index >= 15 is 0 Å². The molecule has 0 radical (unpaired) electrons. The number of nitrogens with zero attached hydrogens (tertiary/aromatic N) is 1. The first-order valence-corrected chi connectivity index (χ1v) is 8.19. The topological polar surface area (TPSA) is 70.0 Å². The molecule has 0 aliphatic heterocycles. The Morgan fingerprint density at radius 2 is 1.84 bits per heavy atom. The van der Waals surface area contributed by atoms with Crippen LogP contribution >= 0.6 is 0 Å². The monoisotopic (exact) mass is 280 g/mol. The maximum Gasteiger partial charge on any atom is 0.179 e. The lowest BCUT2D eigenvalue weighted by Gasteiger charge is -2.06. The highest BCUT2D eigenvalue weighted by Gasteiger charge is 2.13. The van der Waals surface area contributed by atoms with Gasteiger partial charge >= 0.3 is 0 Å². The van der Waals surface area contributed by atoms with Crippen molar-refractivity contribution >= 4 is 9.84 Å². The van der Waals surface area contributed by atoms with E-state index < -0.39 is 9.84 Å². The van der Waals surface area contributed by atoms with Crippen LogP contribution in [0.25, 0.3) is 0 Å². The fraction of sp³-hybridized carbons (Fsp3) is 0.500. The van der Waals surface area contributed by atoms with Gasteiger partial charge in [-0.1, -0.05) is 19.8 Å². The molecule has 19 heavy (non-hydrogen) atoms. The molecule has 0 saturated carbocycles. The van der Waals surface area contributed by atoms with Crippen molar-refractivity contribution in [3.05, 3.63) is 29.8 Å². The molecular formula is C14H20N2O2S. The Morgan fingerprint density at radius 1 is 1.16 bits per heavy atom. The van der Waals surface area contributed by atoms with E-state index in [9.17, 15) is 8.42 Å². The van der Waals surface area contributed by atoms with Crippen LogP contribution in [-0.4, -0.2) is 27.3 Å². The van der Waals surface area contributed by atoms with Crippen LogP contribution in [0.2, 0.25) is 0 Å². The molecule has 0 fully saturated rings. The zero-order valence-electron chi connectivity index (χ0n) is 11.2. The molecule has 0 atom stereocenters. The highest BCUT2D eigenvalue weighted by atomic mass is 32.2. The lowest BCUT2D eigenvalue weighted by atomic mass is 10.2. The number of nitrogens with one attached hydrogen (secondary N) is 1. The first kappa shape index (κ1) is 15.7.